The van der Waals surface area contributed by atoms with Crippen molar-refractivity contribution >= 4 is 11.7 Å². The summed E-state index contributed by atoms with van der Waals surface area (Å²) >= 11 is 0. The Hall–Kier alpha value is -3.60. The zero-order valence-electron chi connectivity index (χ0n) is 13.3. The number of aromatic nitrogens is 2. The molecule has 0 saturated heterocycles. The fourth-order valence-electron chi connectivity index (χ4n) is 2.80. The number of primary amides is 1. The average Bonchev–Trinajstić information content (AvgIpc) is 3.08. The molecule has 5 heteroatoms. The monoisotopic (exact) mass is 329 g/mol. The van der Waals surface area contributed by atoms with Gasteiger partial charge in [-0.2, -0.15) is 0 Å². The van der Waals surface area contributed by atoms with Crippen LogP contribution in [0.4, 0.5) is 4.79 Å². The van der Waals surface area contributed by atoms with Crippen LogP contribution in [0, 0.1) is 0 Å². The molecule has 4 aromatic rings. The molecule has 0 saturated carbocycles. The third-order valence-corrected chi connectivity index (χ3v) is 3.92. The second-order valence-electron chi connectivity index (χ2n) is 5.60. The highest BCUT2D eigenvalue weighted by atomic mass is 16.5. The summed E-state index contributed by atoms with van der Waals surface area (Å²) in [5.74, 6) is 0.334. The Kier molecular flexibility index (Phi) is 3.67. The van der Waals surface area contributed by atoms with Gasteiger partial charge < -0.3 is 14.9 Å². The van der Waals surface area contributed by atoms with E-state index in [-0.39, 0.29) is 0 Å². The first-order valence-corrected chi connectivity index (χ1v) is 7.81. The molecule has 4 rings (SSSR count). The molecule has 0 aliphatic rings. The standard InChI is InChI=1S/C20H15N3O2/c21-20(24)25-18-10-5-11-23-13-17(22-19(18)23)16-9-4-8-15(12-16)14-6-2-1-3-7-14/h1-13H,(H2,21,24). The number of fused-ring (bicyclic) bond motifs is 1. The van der Waals surface area contributed by atoms with Crippen LogP contribution in [0.5, 0.6) is 5.75 Å². The largest absolute Gasteiger partial charge is 0.410 e. The van der Waals surface area contributed by atoms with Gasteiger partial charge in [-0.25, -0.2) is 9.78 Å². The Bertz CT molecular complexity index is 1050. The molecule has 2 heterocycles. The topological polar surface area (TPSA) is 69.6 Å². The number of benzene rings is 2. The molecule has 2 aromatic carbocycles. The second kappa shape index (κ2) is 6.13. The third-order valence-electron chi connectivity index (χ3n) is 3.92. The first-order chi connectivity index (χ1) is 12.2. The van der Waals surface area contributed by atoms with Gasteiger partial charge in [-0.3, -0.25) is 0 Å². The number of imidazole rings is 1. The second-order valence-corrected chi connectivity index (χ2v) is 5.60. The molecule has 0 unspecified atom stereocenters. The molecule has 0 spiro atoms. The van der Waals surface area contributed by atoms with Gasteiger partial charge in [0.1, 0.15) is 0 Å². The first-order valence-electron chi connectivity index (χ1n) is 7.81. The molecule has 0 radical (unpaired) electrons. The molecule has 0 aliphatic carbocycles. The van der Waals surface area contributed by atoms with E-state index in [4.69, 9.17) is 10.5 Å². The van der Waals surface area contributed by atoms with Gasteiger partial charge in [0.15, 0.2) is 11.4 Å². The van der Waals surface area contributed by atoms with Crippen LogP contribution in [0.3, 0.4) is 0 Å². The smallest absolute Gasteiger partial charge is 0.406 e. The van der Waals surface area contributed by atoms with E-state index in [1.807, 2.05) is 47.1 Å². The number of ether oxygens (including phenoxy) is 1. The number of carbonyl (C=O) groups excluding carboxylic acids is 1. The van der Waals surface area contributed by atoms with Crippen molar-refractivity contribution in [3.63, 3.8) is 0 Å². The van der Waals surface area contributed by atoms with Crippen LogP contribution in [-0.2, 0) is 0 Å². The van der Waals surface area contributed by atoms with E-state index in [1.165, 1.54) is 0 Å². The van der Waals surface area contributed by atoms with Crippen molar-refractivity contribution in [2.45, 2.75) is 0 Å². The molecule has 0 fully saturated rings. The van der Waals surface area contributed by atoms with Crippen molar-refractivity contribution in [3.8, 4) is 28.1 Å². The summed E-state index contributed by atoms with van der Waals surface area (Å²) in [5.41, 5.74) is 9.69. The molecule has 0 aliphatic heterocycles. The average molecular weight is 329 g/mol. The van der Waals surface area contributed by atoms with Gasteiger partial charge in [-0.15, -0.1) is 0 Å². The predicted octanol–water partition coefficient (Wildman–Crippen LogP) is 4.13. The van der Waals surface area contributed by atoms with Crippen molar-refractivity contribution in [1.82, 2.24) is 9.38 Å². The Balaban J connectivity index is 1.79. The maximum Gasteiger partial charge on any atom is 0.410 e. The van der Waals surface area contributed by atoms with Gasteiger partial charge >= 0.3 is 6.09 Å². The summed E-state index contributed by atoms with van der Waals surface area (Å²) in [6.07, 6.45) is 2.89. The third kappa shape index (κ3) is 2.95. The van der Waals surface area contributed by atoms with Crippen LogP contribution < -0.4 is 10.5 Å². The van der Waals surface area contributed by atoms with Crippen molar-refractivity contribution in [1.29, 1.82) is 0 Å². The van der Waals surface area contributed by atoms with Crippen LogP contribution in [0.2, 0.25) is 0 Å². The molecule has 2 N–H and O–H groups in total. The number of pyridine rings is 1. The summed E-state index contributed by atoms with van der Waals surface area (Å²) in [6, 6.07) is 21.8. The lowest BCUT2D eigenvalue weighted by Crippen LogP contribution is -2.16. The Morgan fingerprint density at radius 1 is 0.920 bits per heavy atom. The number of amides is 1. The first kappa shape index (κ1) is 15.0. The molecular formula is C20H15N3O2. The lowest BCUT2D eigenvalue weighted by atomic mass is 10.0. The summed E-state index contributed by atoms with van der Waals surface area (Å²) < 4.78 is 6.83. The van der Waals surface area contributed by atoms with E-state index in [1.54, 1.807) is 12.1 Å². The zero-order valence-corrected chi connectivity index (χ0v) is 13.3. The van der Waals surface area contributed by atoms with Crippen molar-refractivity contribution < 1.29 is 9.53 Å². The van der Waals surface area contributed by atoms with Crippen LogP contribution in [0.25, 0.3) is 28.0 Å². The van der Waals surface area contributed by atoms with E-state index in [0.29, 0.717) is 11.4 Å². The minimum atomic E-state index is -0.858. The van der Waals surface area contributed by atoms with Crippen molar-refractivity contribution in [2.24, 2.45) is 5.73 Å². The number of rotatable bonds is 3. The maximum atomic E-state index is 11.1. The van der Waals surface area contributed by atoms with Gasteiger partial charge in [0.05, 0.1) is 5.69 Å². The molecule has 25 heavy (non-hydrogen) atoms. The van der Waals surface area contributed by atoms with Gasteiger partial charge in [-0.1, -0.05) is 48.5 Å². The van der Waals surface area contributed by atoms with Crippen LogP contribution in [-0.4, -0.2) is 15.5 Å². The normalized spacial score (nSPS) is 10.7. The van der Waals surface area contributed by atoms with Crippen molar-refractivity contribution in [3.05, 3.63) is 79.1 Å². The molecule has 122 valence electrons. The van der Waals surface area contributed by atoms with E-state index in [2.05, 4.69) is 29.2 Å². The molecule has 2 aromatic heterocycles. The van der Waals surface area contributed by atoms with E-state index in [0.717, 1.165) is 22.4 Å². The fraction of sp³-hybridized carbons (Fsp3) is 0. The highest BCUT2D eigenvalue weighted by Gasteiger charge is 2.11. The van der Waals surface area contributed by atoms with E-state index < -0.39 is 6.09 Å². The number of nitrogens with two attached hydrogens (primary N) is 1. The predicted molar refractivity (Wildman–Crippen MR) is 96.3 cm³/mol. The van der Waals surface area contributed by atoms with E-state index in [9.17, 15) is 4.79 Å². The van der Waals surface area contributed by atoms with Crippen molar-refractivity contribution in [2.75, 3.05) is 0 Å². The van der Waals surface area contributed by atoms with Crippen LogP contribution in [0.15, 0.2) is 79.1 Å². The molecule has 1 amide bonds. The molecular weight excluding hydrogens is 314 g/mol. The fourth-order valence-corrected chi connectivity index (χ4v) is 2.80. The highest BCUT2D eigenvalue weighted by molar-refractivity contribution is 5.75. The minimum absolute atomic E-state index is 0.334. The maximum absolute atomic E-state index is 11.1. The summed E-state index contributed by atoms with van der Waals surface area (Å²) in [6.45, 7) is 0. The zero-order chi connectivity index (χ0) is 17.2. The number of hydrogen-bond acceptors (Lipinski definition) is 3. The number of nitrogens with zero attached hydrogens (tertiary/aromatic N) is 2. The van der Waals surface area contributed by atoms with Gasteiger partial charge in [0, 0.05) is 18.0 Å². The van der Waals surface area contributed by atoms with Gasteiger partial charge in [0.2, 0.25) is 0 Å². The van der Waals surface area contributed by atoms with Crippen LogP contribution in [0.1, 0.15) is 0 Å². The number of hydrogen-bond donors (Lipinski definition) is 1. The minimum Gasteiger partial charge on any atom is -0.406 e. The summed E-state index contributed by atoms with van der Waals surface area (Å²) in [4.78, 5) is 15.7. The van der Waals surface area contributed by atoms with Gasteiger partial charge in [0.25, 0.3) is 0 Å². The quantitative estimate of drug-likeness (QED) is 0.614. The lowest BCUT2D eigenvalue weighted by Gasteiger charge is -2.03. The Morgan fingerprint density at radius 2 is 1.68 bits per heavy atom. The van der Waals surface area contributed by atoms with Crippen LogP contribution >= 0.6 is 0 Å². The molecule has 5 nitrogen and oxygen atoms in total. The summed E-state index contributed by atoms with van der Waals surface area (Å²) in [7, 11) is 0. The lowest BCUT2D eigenvalue weighted by molar-refractivity contribution is 0.211. The van der Waals surface area contributed by atoms with E-state index >= 15 is 0 Å². The highest BCUT2D eigenvalue weighted by Crippen LogP contribution is 2.28. The summed E-state index contributed by atoms with van der Waals surface area (Å²) in [5, 5.41) is 0. The molecule has 0 bridgehead atoms. The Labute approximate surface area is 144 Å². The SMILES string of the molecule is NC(=O)Oc1cccn2cc(-c3cccc(-c4ccccc4)c3)nc12. The Morgan fingerprint density at radius 3 is 2.48 bits per heavy atom. The van der Waals surface area contributed by atoms with Gasteiger partial charge in [-0.05, 0) is 29.3 Å². The molecule has 0 atom stereocenters. The number of carbonyl (C=O) groups is 1.